The number of piperidine rings is 1. The van der Waals surface area contributed by atoms with Crippen LogP contribution >= 0.6 is 0 Å². The molecule has 1 aromatic rings. The Kier molecular flexibility index (Phi) is 4.76. The molecule has 2 aliphatic carbocycles. The number of likely N-dealkylation sites (tertiary alicyclic amines) is 1. The van der Waals surface area contributed by atoms with E-state index in [4.69, 9.17) is 4.74 Å². The zero-order valence-corrected chi connectivity index (χ0v) is 15.8. The van der Waals surface area contributed by atoms with Gasteiger partial charge in [0.25, 0.3) is 5.91 Å². The lowest BCUT2D eigenvalue weighted by Gasteiger charge is -2.37. The number of fused-ring (bicyclic) bond motifs is 2. The Bertz CT molecular complexity index is 697. The fourth-order valence-corrected chi connectivity index (χ4v) is 5.30. The van der Waals surface area contributed by atoms with E-state index in [-0.39, 0.29) is 23.2 Å². The second-order valence-corrected chi connectivity index (χ2v) is 8.30. The molecule has 1 aliphatic heterocycles. The molecule has 1 spiro atoms. The molecule has 1 heterocycles. The summed E-state index contributed by atoms with van der Waals surface area (Å²) in [7, 11) is 1.48. The lowest BCUT2D eigenvalue weighted by atomic mass is 9.67. The third-order valence-corrected chi connectivity index (χ3v) is 6.92. The summed E-state index contributed by atoms with van der Waals surface area (Å²) in [6, 6.07) is 6.38. The molecule has 1 amide bonds. The van der Waals surface area contributed by atoms with Gasteiger partial charge in [-0.3, -0.25) is 9.59 Å². The first-order valence-electron chi connectivity index (χ1n) is 10.1. The van der Waals surface area contributed by atoms with E-state index in [0.29, 0.717) is 0 Å². The third kappa shape index (κ3) is 3.04. The minimum Gasteiger partial charge on any atom is -0.469 e. The Morgan fingerprint density at radius 2 is 1.81 bits per heavy atom. The maximum absolute atomic E-state index is 12.9. The summed E-state index contributed by atoms with van der Waals surface area (Å²) in [4.78, 5) is 26.8. The number of amides is 1. The Morgan fingerprint density at radius 1 is 1.08 bits per heavy atom. The lowest BCUT2D eigenvalue weighted by molar-refractivity contribution is -0.147. The van der Waals surface area contributed by atoms with Crippen molar-refractivity contribution in [2.75, 3.05) is 20.2 Å². The number of rotatable bonds is 2. The molecule has 1 saturated heterocycles. The zero-order chi connectivity index (χ0) is 18.1. The number of nitrogens with zero attached hydrogens (tertiary/aromatic N) is 1. The summed E-state index contributed by atoms with van der Waals surface area (Å²) in [5.74, 6) is 0.178. The molecule has 0 bridgehead atoms. The van der Waals surface area contributed by atoms with Crippen LogP contribution in [-0.2, 0) is 21.4 Å². The molecule has 0 radical (unpaired) electrons. The first-order valence-corrected chi connectivity index (χ1v) is 10.1. The van der Waals surface area contributed by atoms with Crippen molar-refractivity contribution in [1.82, 2.24) is 4.90 Å². The summed E-state index contributed by atoms with van der Waals surface area (Å²) in [5.41, 5.74) is 3.79. The molecular formula is C22H29NO3. The quantitative estimate of drug-likeness (QED) is 0.757. The van der Waals surface area contributed by atoms with Crippen molar-refractivity contribution in [2.24, 2.45) is 5.92 Å². The van der Waals surface area contributed by atoms with E-state index >= 15 is 0 Å². The van der Waals surface area contributed by atoms with Gasteiger partial charge >= 0.3 is 5.97 Å². The number of benzene rings is 1. The zero-order valence-electron chi connectivity index (χ0n) is 15.8. The Morgan fingerprint density at radius 3 is 2.50 bits per heavy atom. The number of hydrogen-bond acceptors (Lipinski definition) is 3. The molecule has 0 N–H and O–H groups in total. The van der Waals surface area contributed by atoms with Gasteiger partial charge in [-0.05, 0) is 86.5 Å². The fourth-order valence-electron chi connectivity index (χ4n) is 5.30. The third-order valence-electron chi connectivity index (χ3n) is 6.92. The lowest BCUT2D eigenvalue weighted by Crippen LogP contribution is -2.36. The highest BCUT2D eigenvalue weighted by Crippen LogP contribution is 2.50. The Hall–Kier alpha value is -1.84. The minimum atomic E-state index is -0.0629. The monoisotopic (exact) mass is 355 g/mol. The summed E-state index contributed by atoms with van der Waals surface area (Å²) in [6.45, 7) is 1.78. The number of esters is 1. The van der Waals surface area contributed by atoms with Gasteiger partial charge in [0.1, 0.15) is 0 Å². The number of hydrogen-bond donors (Lipinski definition) is 0. The van der Waals surface area contributed by atoms with Gasteiger partial charge in [-0.2, -0.15) is 0 Å². The van der Waals surface area contributed by atoms with Gasteiger partial charge in [-0.25, -0.2) is 0 Å². The first kappa shape index (κ1) is 17.6. The predicted molar refractivity (Wildman–Crippen MR) is 100 cm³/mol. The van der Waals surface area contributed by atoms with Crippen molar-refractivity contribution >= 4 is 11.9 Å². The van der Waals surface area contributed by atoms with Crippen LogP contribution in [0.15, 0.2) is 18.2 Å². The minimum absolute atomic E-state index is 0.0489. The van der Waals surface area contributed by atoms with Crippen LogP contribution in [0.1, 0.15) is 72.9 Å². The largest absolute Gasteiger partial charge is 0.469 e. The van der Waals surface area contributed by atoms with Gasteiger partial charge in [0.2, 0.25) is 0 Å². The molecule has 140 valence electrons. The van der Waals surface area contributed by atoms with E-state index in [1.165, 1.54) is 24.7 Å². The Balaban J connectivity index is 1.55. The molecule has 3 aliphatic rings. The standard InChI is InChI=1S/C22H29NO3/c1-26-21(25)17-8-11-22(12-9-17)10-7-16-5-6-18(15-19(16)22)20(24)23-13-3-2-4-14-23/h5-6,15,17H,2-4,7-14H2,1H3. The molecular weight excluding hydrogens is 326 g/mol. The van der Waals surface area contributed by atoms with E-state index in [0.717, 1.165) is 70.0 Å². The second kappa shape index (κ2) is 7.05. The van der Waals surface area contributed by atoms with Crippen LogP contribution in [0.5, 0.6) is 0 Å². The van der Waals surface area contributed by atoms with Crippen LogP contribution in [0.25, 0.3) is 0 Å². The van der Waals surface area contributed by atoms with Gasteiger partial charge in [-0.15, -0.1) is 0 Å². The van der Waals surface area contributed by atoms with Crippen LogP contribution in [0.4, 0.5) is 0 Å². The number of carbonyl (C=O) groups is 2. The van der Waals surface area contributed by atoms with Crippen LogP contribution in [0.2, 0.25) is 0 Å². The molecule has 4 heteroatoms. The van der Waals surface area contributed by atoms with E-state index in [9.17, 15) is 9.59 Å². The van der Waals surface area contributed by atoms with Crippen LogP contribution < -0.4 is 0 Å². The SMILES string of the molecule is COC(=O)C1CCC2(CCc3ccc(C(=O)N4CCCCC4)cc32)CC1. The van der Waals surface area contributed by atoms with Crippen molar-refractivity contribution in [1.29, 1.82) is 0 Å². The van der Waals surface area contributed by atoms with Crippen molar-refractivity contribution in [3.63, 3.8) is 0 Å². The first-order chi connectivity index (χ1) is 12.6. The van der Waals surface area contributed by atoms with Gasteiger partial charge in [0.05, 0.1) is 13.0 Å². The Labute approximate surface area is 155 Å². The molecule has 1 aromatic carbocycles. The predicted octanol–water partition coefficient (Wildman–Crippen LogP) is 3.86. The number of carbonyl (C=O) groups excluding carboxylic acids is 2. The van der Waals surface area contributed by atoms with Crippen LogP contribution in [0.3, 0.4) is 0 Å². The highest BCUT2D eigenvalue weighted by molar-refractivity contribution is 5.94. The van der Waals surface area contributed by atoms with E-state index in [1.807, 2.05) is 11.0 Å². The molecule has 4 rings (SSSR count). The fraction of sp³-hybridized carbons (Fsp3) is 0.636. The average molecular weight is 355 g/mol. The van der Waals surface area contributed by atoms with Gasteiger partial charge in [0, 0.05) is 18.7 Å². The van der Waals surface area contributed by atoms with Crippen LogP contribution in [-0.4, -0.2) is 37.0 Å². The molecule has 4 nitrogen and oxygen atoms in total. The highest BCUT2D eigenvalue weighted by atomic mass is 16.5. The van der Waals surface area contributed by atoms with E-state index in [1.54, 1.807) is 0 Å². The van der Waals surface area contributed by atoms with Crippen LogP contribution in [0, 0.1) is 5.92 Å². The number of methoxy groups -OCH3 is 1. The van der Waals surface area contributed by atoms with Gasteiger partial charge in [-0.1, -0.05) is 6.07 Å². The molecule has 2 fully saturated rings. The normalized spacial score (nSPS) is 28.0. The smallest absolute Gasteiger partial charge is 0.308 e. The van der Waals surface area contributed by atoms with Crippen molar-refractivity contribution in [2.45, 2.75) is 63.2 Å². The topological polar surface area (TPSA) is 46.6 Å². The van der Waals surface area contributed by atoms with E-state index < -0.39 is 0 Å². The molecule has 0 atom stereocenters. The summed E-state index contributed by atoms with van der Waals surface area (Å²) < 4.78 is 4.94. The van der Waals surface area contributed by atoms with Crippen molar-refractivity contribution in [3.8, 4) is 0 Å². The summed E-state index contributed by atoms with van der Waals surface area (Å²) in [6.07, 6.45) is 9.58. The average Bonchev–Trinajstić information content (AvgIpc) is 3.05. The van der Waals surface area contributed by atoms with E-state index in [2.05, 4.69) is 12.1 Å². The number of ether oxygens (including phenoxy) is 1. The second-order valence-electron chi connectivity index (χ2n) is 8.30. The molecule has 0 unspecified atom stereocenters. The maximum atomic E-state index is 12.9. The van der Waals surface area contributed by atoms with Crippen molar-refractivity contribution in [3.05, 3.63) is 34.9 Å². The maximum Gasteiger partial charge on any atom is 0.308 e. The van der Waals surface area contributed by atoms with Crippen molar-refractivity contribution < 1.29 is 14.3 Å². The molecule has 26 heavy (non-hydrogen) atoms. The molecule has 1 saturated carbocycles. The van der Waals surface area contributed by atoms with Gasteiger partial charge in [0.15, 0.2) is 0 Å². The van der Waals surface area contributed by atoms with Gasteiger partial charge < -0.3 is 9.64 Å². The number of aryl methyl sites for hydroxylation is 1. The summed E-state index contributed by atoms with van der Waals surface area (Å²) in [5, 5.41) is 0. The molecule has 0 aromatic heterocycles. The summed E-state index contributed by atoms with van der Waals surface area (Å²) >= 11 is 0. The highest BCUT2D eigenvalue weighted by Gasteiger charge is 2.43.